The molecule has 6 nitrogen and oxygen atoms in total. The Morgan fingerprint density at radius 3 is 2.17 bits per heavy atom. The van der Waals surface area contributed by atoms with Gasteiger partial charge in [-0.05, 0) is 47.9 Å². The summed E-state index contributed by atoms with van der Waals surface area (Å²) in [7, 11) is 0. The number of nitriles is 1. The largest absolute Gasteiger partial charge is 0.307 e. The van der Waals surface area contributed by atoms with Crippen LogP contribution in [0.3, 0.4) is 0 Å². The highest BCUT2D eigenvalue weighted by molar-refractivity contribution is 6.36. The lowest BCUT2D eigenvalue weighted by atomic mass is 10.0. The maximum absolute atomic E-state index is 9.71. The normalized spacial score (nSPS) is 12.1. The molecule has 0 saturated heterocycles. The highest BCUT2D eigenvalue weighted by atomic mass is 15.2. The summed E-state index contributed by atoms with van der Waals surface area (Å²) in [6.45, 7) is 0. The summed E-state index contributed by atoms with van der Waals surface area (Å²) in [6, 6.07) is 46.5. The fourth-order valence-corrected chi connectivity index (χ4v) is 7.97. The number of para-hydroxylation sites is 2. The lowest BCUT2D eigenvalue weighted by Crippen LogP contribution is -2.04. The van der Waals surface area contributed by atoms with Crippen molar-refractivity contribution in [2.45, 2.75) is 0 Å². The van der Waals surface area contributed by atoms with E-state index in [2.05, 4.69) is 106 Å². The summed E-state index contributed by atoms with van der Waals surface area (Å²) in [4.78, 5) is 15.2. The molecule has 0 bridgehead atoms. The van der Waals surface area contributed by atoms with Crippen molar-refractivity contribution in [3.05, 3.63) is 139 Å². The first kappa shape index (κ1) is 25.4. The van der Waals surface area contributed by atoms with Crippen molar-refractivity contribution in [2.24, 2.45) is 0 Å². The maximum Gasteiger partial charge on any atom is 0.237 e. The minimum atomic E-state index is 0.539. The summed E-state index contributed by atoms with van der Waals surface area (Å²) in [6.07, 6.45) is 1.77. The molecule has 6 aromatic carbocycles. The quantitative estimate of drug-likeness (QED) is 0.195. The summed E-state index contributed by atoms with van der Waals surface area (Å²) < 4.78 is 4.68. The van der Waals surface area contributed by atoms with Crippen LogP contribution in [0.1, 0.15) is 5.56 Å². The van der Waals surface area contributed by atoms with Gasteiger partial charge in [0.05, 0.1) is 44.9 Å². The van der Waals surface area contributed by atoms with Gasteiger partial charge in [-0.25, -0.2) is 9.97 Å². The summed E-state index contributed by atoms with van der Waals surface area (Å²) in [5.41, 5.74) is 8.44. The molecule has 48 heavy (non-hydrogen) atoms. The van der Waals surface area contributed by atoms with Crippen LogP contribution in [0.2, 0.25) is 0 Å². The van der Waals surface area contributed by atoms with E-state index in [1.807, 2.05) is 36.4 Å². The smallest absolute Gasteiger partial charge is 0.237 e. The Morgan fingerprint density at radius 2 is 1.29 bits per heavy atom. The van der Waals surface area contributed by atoms with Crippen LogP contribution in [-0.4, -0.2) is 23.9 Å². The molecule has 11 rings (SSSR count). The molecule has 6 heteroatoms. The zero-order valence-corrected chi connectivity index (χ0v) is 25.4. The Hall–Kier alpha value is -6.84. The van der Waals surface area contributed by atoms with Crippen LogP contribution >= 0.6 is 0 Å². The van der Waals surface area contributed by atoms with Crippen LogP contribution in [-0.2, 0) is 0 Å². The molecular weight excluding hydrogens is 589 g/mol. The monoisotopic (exact) mass is 610 g/mol. The highest BCUT2D eigenvalue weighted by Crippen LogP contribution is 2.47. The molecule has 0 unspecified atom stereocenters. The van der Waals surface area contributed by atoms with Crippen LogP contribution in [0.5, 0.6) is 0 Å². The Morgan fingerprint density at radius 1 is 0.542 bits per heavy atom. The predicted octanol–water partition coefficient (Wildman–Crippen LogP) is 9.96. The molecule has 11 aromatic rings. The van der Waals surface area contributed by atoms with Gasteiger partial charge in [-0.15, -0.1) is 0 Å². The maximum atomic E-state index is 9.71. The molecule has 0 amide bonds. The van der Waals surface area contributed by atoms with Crippen LogP contribution in [0.15, 0.2) is 134 Å². The summed E-state index contributed by atoms with van der Waals surface area (Å²) in [5, 5.41) is 20.1. The molecule has 0 N–H and O–H groups in total. The molecule has 0 saturated carbocycles. The second-order valence-corrected chi connectivity index (χ2v) is 12.4. The van der Waals surface area contributed by atoms with Crippen molar-refractivity contribution in [1.29, 1.82) is 5.26 Å². The van der Waals surface area contributed by atoms with E-state index in [1.165, 1.54) is 48.9 Å². The minimum absolute atomic E-state index is 0.539. The van der Waals surface area contributed by atoms with Crippen LogP contribution in [0.25, 0.3) is 98.9 Å². The predicted molar refractivity (Wildman–Crippen MR) is 194 cm³/mol. The second kappa shape index (κ2) is 9.12. The van der Waals surface area contributed by atoms with Gasteiger partial charge >= 0.3 is 0 Å². The molecule has 5 heterocycles. The van der Waals surface area contributed by atoms with E-state index >= 15 is 0 Å². The van der Waals surface area contributed by atoms with E-state index in [1.54, 1.807) is 6.20 Å². The first-order valence-electron chi connectivity index (χ1n) is 15.9. The zero-order valence-electron chi connectivity index (χ0n) is 25.4. The molecule has 0 spiro atoms. The fraction of sp³-hybridized carbons (Fsp3) is 0. The van der Waals surface area contributed by atoms with Crippen LogP contribution < -0.4 is 0 Å². The highest BCUT2D eigenvalue weighted by Gasteiger charge is 2.26. The summed E-state index contributed by atoms with van der Waals surface area (Å²) in [5.74, 6) is 0.539. The first-order valence-corrected chi connectivity index (χ1v) is 15.9. The number of benzene rings is 6. The van der Waals surface area contributed by atoms with E-state index in [-0.39, 0.29) is 0 Å². The van der Waals surface area contributed by atoms with Gasteiger partial charge < -0.3 is 4.40 Å². The van der Waals surface area contributed by atoms with Gasteiger partial charge in [0.15, 0.2) is 5.65 Å². The molecule has 0 fully saturated rings. The van der Waals surface area contributed by atoms with Gasteiger partial charge in [0.25, 0.3) is 0 Å². The molecule has 220 valence electrons. The average Bonchev–Trinajstić information content (AvgIpc) is 3.79. The van der Waals surface area contributed by atoms with Gasteiger partial charge in [-0.1, -0.05) is 84.9 Å². The lowest BCUT2D eigenvalue weighted by molar-refractivity contribution is 1.01. The Kier molecular flexibility index (Phi) is 4.82. The fourth-order valence-electron chi connectivity index (χ4n) is 7.97. The molecular formula is C42H22N6. The van der Waals surface area contributed by atoms with Crippen molar-refractivity contribution in [1.82, 2.24) is 23.9 Å². The molecule has 0 aliphatic carbocycles. The third-order valence-corrected chi connectivity index (χ3v) is 9.91. The Bertz CT molecular complexity index is 3200. The van der Waals surface area contributed by atoms with Gasteiger partial charge in [-0.2, -0.15) is 10.2 Å². The SMILES string of the molecule is N#Cc1cccc(-c2nc(-n3c4ccccc4c4cc5c6ccccc6n6c7c8ccccc8ccc7c(c43)c56)nc3ncccc23)c1. The van der Waals surface area contributed by atoms with E-state index in [9.17, 15) is 5.26 Å². The molecule has 0 aliphatic rings. The lowest BCUT2D eigenvalue weighted by Gasteiger charge is -2.12. The van der Waals surface area contributed by atoms with Crippen LogP contribution in [0.4, 0.5) is 0 Å². The summed E-state index contributed by atoms with van der Waals surface area (Å²) >= 11 is 0. The number of rotatable bonds is 2. The molecule has 0 aliphatic heterocycles. The second-order valence-electron chi connectivity index (χ2n) is 12.4. The van der Waals surface area contributed by atoms with Gasteiger partial charge in [0, 0.05) is 54.9 Å². The van der Waals surface area contributed by atoms with Crippen molar-refractivity contribution in [3.8, 4) is 23.3 Å². The third kappa shape index (κ3) is 3.17. The number of hydrogen-bond acceptors (Lipinski definition) is 4. The third-order valence-electron chi connectivity index (χ3n) is 9.91. The molecule has 0 radical (unpaired) electrons. The Balaban J connectivity index is 1.39. The van der Waals surface area contributed by atoms with Gasteiger partial charge in [0.2, 0.25) is 5.95 Å². The average molecular weight is 611 g/mol. The number of aromatic nitrogens is 5. The van der Waals surface area contributed by atoms with E-state index in [0.717, 1.165) is 38.4 Å². The molecule has 0 atom stereocenters. The van der Waals surface area contributed by atoms with Crippen molar-refractivity contribution < 1.29 is 0 Å². The van der Waals surface area contributed by atoms with Crippen molar-refractivity contribution in [2.75, 3.05) is 0 Å². The van der Waals surface area contributed by atoms with E-state index < -0.39 is 0 Å². The number of fused-ring (bicyclic) bond motifs is 13. The Labute approximate surface area is 272 Å². The number of nitrogens with zero attached hydrogens (tertiary/aromatic N) is 6. The van der Waals surface area contributed by atoms with Crippen molar-refractivity contribution >= 4 is 81.7 Å². The standard InChI is InChI=1S/C42H22N6/c43-23-24-9-7-11-26(21-24)37-31-15-8-20-44-41(31)46-42(45-37)48-35-17-6-4-14-29(35)33-22-32-28-13-3-5-16-34(28)47-38-27-12-2-1-10-25(27)18-19-30(38)36(39(32)47)40(33)48/h1-22H. The number of hydrogen-bond donors (Lipinski definition) is 0. The van der Waals surface area contributed by atoms with Gasteiger partial charge in [-0.3, -0.25) is 4.57 Å². The van der Waals surface area contributed by atoms with Crippen LogP contribution in [0, 0.1) is 11.3 Å². The molecule has 5 aromatic heterocycles. The van der Waals surface area contributed by atoms with E-state index in [0.29, 0.717) is 17.2 Å². The topological polar surface area (TPSA) is 71.8 Å². The zero-order chi connectivity index (χ0) is 31.5. The van der Waals surface area contributed by atoms with E-state index in [4.69, 9.17) is 15.0 Å². The minimum Gasteiger partial charge on any atom is -0.307 e. The van der Waals surface area contributed by atoms with Gasteiger partial charge in [0.1, 0.15) is 0 Å². The van der Waals surface area contributed by atoms with Crippen molar-refractivity contribution in [3.63, 3.8) is 0 Å². The number of pyridine rings is 1. The first-order chi connectivity index (χ1) is 23.8.